The summed E-state index contributed by atoms with van der Waals surface area (Å²) in [5.74, 6) is -0.941. The number of aliphatic hydroxyl groups is 1. The zero-order chi connectivity index (χ0) is 19.7. The summed E-state index contributed by atoms with van der Waals surface area (Å²) < 4.78 is 0. The number of carbonyl (C=O) groups is 2. The van der Waals surface area contributed by atoms with Crippen LogP contribution in [0.2, 0.25) is 0 Å². The Labute approximate surface area is 157 Å². The molecule has 140 valence electrons. The summed E-state index contributed by atoms with van der Waals surface area (Å²) in [6.45, 7) is 8.28. The Balaban J connectivity index is 2.52. The van der Waals surface area contributed by atoms with Crippen LogP contribution in [0.25, 0.3) is 0 Å². The molecule has 1 unspecified atom stereocenters. The summed E-state index contributed by atoms with van der Waals surface area (Å²) in [4.78, 5) is 28.1. The van der Waals surface area contributed by atoms with Crippen LogP contribution in [-0.4, -0.2) is 40.2 Å². The van der Waals surface area contributed by atoms with Crippen LogP contribution in [0, 0.1) is 5.41 Å². The molecule has 1 rings (SSSR count). The summed E-state index contributed by atoms with van der Waals surface area (Å²) in [6, 6.07) is 6.56. The van der Waals surface area contributed by atoms with Crippen LogP contribution in [0.15, 0.2) is 41.9 Å². The highest BCUT2D eigenvalue weighted by Crippen LogP contribution is 2.20. The number of nitrogens with one attached hydrogen (secondary N) is 3. The van der Waals surface area contributed by atoms with Crippen LogP contribution < -0.4 is 10.6 Å². The van der Waals surface area contributed by atoms with E-state index in [4.69, 9.17) is 5.41 Å². The second-order valence-electron chi connectivity index (χ2n) is 5.95. The summed E-state index contributed by atoms with van der Waals surface area (Å²) in [7, 11) is 0. The molecule has 0 saturated carbocycles. The largest absolute Gasteiger partial charge is 0.386 e. The van der Waals surface area contributed by atoms with Gasteiger partial charge >= 0.3 is 0 Å². The smallest absolute Gasteiger partial charge is 0.251 e. The molecular formula is C18H24N4O3S. The number of carbonyl (C=O) groups excluding carboxylic acids is 2. The van der Waals surface area contributed by atoms with Crippen LogP contribution in [0.3, 0.4) is 0 Å². The molecule has 0 radical (unpaired) electrons. The number of rotatable bonds is 7. The Bertz CT molecular complexity index is 711. The van der Waals surface area contributed by atoms with Crippen molar-refractivity contribution in [2.45, 2.75) is 31.7 Å². The Hall–Kier alpha value is -2.45. The zero-order valence-electron chi connectivity index (χ0n) is 15.1. The molecule has 0 aromatic heterocycles. The molecule has 4 N–H and O–H groups in total. The third kappa shape index (κ3) is 7.62. The topological polar surface area (TPSA) is 115 Å². The highest BCUT2D eigenvalue weighted by Gasteiger charge is 2.18. The molecular weight excluding hydrogens is 352 g/mol. The van der Waals surface area contributed by atoms with Gasteiger partial charge in [-0.25, -0.2) is 0 Å². The Morgan fingerprint density at radius 2 is 2.15 bits per heavy atom. The molecule has 0 aliphatic rings. The van der Waals surface area contributed by atoms with Crippen molar-refractivity contribution in [3.8, 4) is 0 Å². The number of hydrogen-bond donors (Lipinski definition) is 4. The summed E-state index contributed by atoms with van der Waals surface area (Å²) in [5, 5.41) is 22.3. The molecule has 0 fully saturated rings. The van der Waals surface area contributed by atoms with Crippen molar-refractivity contribution >= 4 is 35.0 Å². The summed E-state index contributed by atoms with van der Waals surface area (Å²) in [5.41, 5.74) is -0.124. The lowest BCUT2D eigenvalue weighted by atomic mass is 9.96. The van der Waals surface area contributed by atoms with Crippen LogP contribution in [0.1, 0.15) is 36.7 Å². The fourth-order valence-electron chi connectivity index (χ4n) is 1.89. The number of hydrogen-bond acceptors (Lipinski definition) is 6. The average molecular weight is 376 g/mol. The van der Waals surface area contributed by atoms with Gasteiger partial charge in [-0.1, -0.05) is 36.5 Å². The van der Waals surface area contributed by atoms with E-state index in [1.165, 1.54) is 12.3 Å². The lowest BCUT2D eigenvalue weighted by Gasteiger charge is -2.18. The number of aliphatic imine (C=N–C) groups is 1. The quantitative estimate of drug-likeness (QED) is 0.430. The molecule has 0 spiro atoms. The summed E-state index contributed by atoms with van der Waals surface area (Å²) in [6.07, 6.45) is 3.05. The number of allylic oxidation sites excluding steroid dienone is 1. The minimum atomic E-state index is -1.06. The second kappa shape index (κ2) is 9.88. The van der Waals surface area contributed by atoms with Gasteiger partial charge < -0.3 is 15.7 Å². The maximum absolute atomic E-state index is 12.1. The molecule has 0 heterocycles. The maximum atomic E-state index is 12.1. The molecule has 0 saturated heterocycles. The number of thioether (sulfide) groups is 1. The van der Waals surface area contributed by atoms with E-state index in [-0.39, 0.29) is 17.1 Å². The first-order valence-corrected chi connectivity index (χ1v) is 8.82. The first-order chi connectivity index (χ1) is 12.1. The van der Waals surface area contributed by atoms with Crippen LogP contribution in [-0.2, 0) is 10.4 Å². The molecule has 7 nitrogen and oxygen atoms in total. The lowest BCUT2D eigenvalue weighted by molar-refractivity contribution is -0.118. The Morgan fingerprint density at radius 3 is 2.77 bits per heavy atom. The standard InChI is InChI=1S/C18H24N4O3S/c1-5-9-20-12(2)26-17(19)22-15(23)11-21-16(24)13-7-6-8-14(10-13)18(3,4)25/h5-10,12,25H,1,11H2,2-4H3,(H,21,24)(H2,19,22,23). The van der Waals surface area contributed by atoms with Crippen molar-refractivity contribution in [3.05, 3.63) is 48.0 Å². The first-order valence-electron chi connectivity index (χ1n) is 7.94. The van der Waals surface area contributed by atoms with Gasteiger partial charge in [0.1, 0.15) is 0 Å². The number of amides is 2. The van der Waals surface area contributed by atoms with E-state index < -0.39 is 17.4 Å². The van der Waals surface area contributed by atoms with Gasteiger partial charge in [0, 0.05) is 11.8 Å². The molecule has 1 atom stereocenters. The van der Waals surface area contributed by atoms with Gasteiger partial charge in [0.25, 0.3) is 5.91 Å². The van der Waals surface area contributed by atoms with Gasteiger partial charge in [-0.05, 0) is 38.5 Å². The first kappa shape index (κ1) is 21.6. The Kier molecular flexibility index (Phi) is 8.21. The Morgan fingerprint density at radius 1 is 1.46 bits per heavy atom. The van der Waals surface area contributed by atoms with E-state index in [0.717, 1.165) is 11.8 Å². The SMILES string of the molecule is C=CC=NC(C)SC(=N)NC(=O)CNC(=O)c1cccc(C(C)(C)O)c1. The molecule has 2 amide bonds. The maximum Gasteiger partial charge on any atom is 0.251 e. The van der Waals surface area contributed by atoms with E-state index in [1.54, 1.807) is 45.0 Å². The third-order valence-electron chi connectivity index (χ3n) is 3.18. The van der Waals surface area contributed by atoms with Gasteiger partial charge in [-0.3, -0.25) is 20.0 Å². The molecule has 0 bridgehead atoms. The minimum Gasteiger partial charge on any atom is -0.386 e. The van der Waals surface area contributed by atoms with Crippen molar-refractivity contribution < 1.29 is 14.7 Å². The highest BCUT2D eigenvalue weighted by atomic mass is 32.2. The lowest BCUT2D eigenvalue weighted by Crippen LogP contribution is -2.39. The molecule has 26 heavy (non-hydrogen) atoms. The molecule has 0 aliphatic carbocycles. The fourth-order valence-corrected chi connectivity index (χ4v) is 2.53. The molecule has 0 aliphatic heterocycles. The number of amidine groups is 1. The van der Waals surface area contributed by atoms with Crippen molar-refractivity contribution in [2.24, 2.45) is 4.99 Å². The monoisotopic (exact) mass is 376 g/mol. The number of nitrogens with zero attached hydrogens (tertiary/aromatic N) is 1. The predicted molar refractivity (Wildman–Crippen MR) is 106 cm³/mol. The normalized spacial score (nSPS) is 12.5. The third-order valence-corrected chi connectivity index (χ3v) is 3.98. The summed E-state index contributed by atoms with van der Waals surface area (Å²) >= 11 is 1.07. The fraction of sp³-hybridized carbons (Fsp3) is 0.333. The van der Waals surface area contributed by atoms with Gasteiger partial charge in [0.2, 0.25) is 5.91 Å². The van der Waals surface area contributed by atoms with E-state index in [2.05, 4.69) is 22.2 Å². The second-order valence-corrected chi connectivity index (χ2v) is 7.28. The predicted octanol–water partition coefficient (Wildman–Crippen LogP) is 2.03. The van der Waals surface area contributed by atoms with E-state index >= 15 is 0 Å². The zero-order valence-corrected chi connectivity index (χ0v) is 15.9. The van der Waals surface area contributed by atoms with Gasteiger partial charge in [0.05, 0.1) is 17.5 Å². The van der Waals surface area contributed by atoms with Crippen LogP contribution in [0.5, 0.6) is 0 Å². The molecule has 8 heteroatoms. The van der Waals surface area contributed by atoms with Crippen molar-refractivity contribution in [2.75, 3.05) is 6.54 Å². The minimum absolute atomic E-state index is 0.0537. The van der Waals surface area contributed by atoms with Crippen molar-refractivity contribution in [1.82, 2.24) is 10.6 Å². The van der Waals surface area contributed by atoms with Crippen molar-refractivity contribution in [1.29, 1.82) is 5.41 Å². The molecule has 1 aromatic carbocycles. The van der Waals surface area contributed by atoms with Gasteiger partial charge in [0.15, 0.2) is 5.17 Å². The van der Waals surface area contributed by atoms with E-state index in [1.807, 2.05) is 0 Å². The average Bonchev–Trinajstić information content (AvgIpc) is 2.57. The van der Waals surface area contributed by atoms with Gasteiger partial charge in [-0.15, -0.1) is 0 Å². The number of benzene rings is 1. The highest BCUT2D eigenvalue weighted by molar-refractivity contribution is 8.14. The van der Waals surface area contributed by atoms with Crippen LogP contribution >= 0.6 is 11.8 Å². The van der Waals surface area contributed by atoms with Crippen molar-refractivity contribution in [3.63, 3.8) is 0 Å². The van der Waals surface area contributed by atoms with E-state index in [0.29, 0.717) is 11.1 Å². The van der Waals surface area contributed by atoms with Crippen LogP contribution in [0.4, 0.5) is 0 Å². The van der Waals surface area contributed by atoms with Gasteiger partial charge in [-0.2, -0.15) is 0 Å². The van der Waals surface area contributed by atoms with E-state index in [9.17, 15) is 14.7 Å². The molecule has 1 aromatic rings.